The van der Waals surface area contributed by atoms with Crippen molar-refractivity contribution in [3.05, 3.63) is 52.6 Å². The fourth-order valence-electron chi connectivity index (χ4n) is 3.43. The van der Waals surface area contributed by atoms with E-state index in [4.69, 9.17) is 9.47 Å². The van der Waals surface area contributed by atoms with Gasteiger partial charge in [-0.25, -0.2) is 0 Å². The standard InChI is InChI=1S/C20H23NO4/c1-24-20-18(11-6-12-19(20)21(22)23)16-9-5-10-17(13-16)25-14-15-7-3-2-4-8-15/h5-6,9-13,15H,2-4,7-8,14H2,1H3. The highest BCUT2D eigenvalue weighted by Gasteiger charge is 2.19. The predicted octanol–water partition coefficient (Wildman–Crippen LogP) is 5.23. The van der Waals surface area contributed by atoms with Gasteiger partial charge in [0.25, 0.3) is 0 Å². The Morgan fingerprint density at radius 3 is 2.60 bits per heavy atom. The number of hydrogen-bond acceptors (Lipinski definition) is 4. The number of ether oxygens (including phenoxy) is 2. The Morgan fingerprint density at radius 2 is 1.88 bits per heavy atom. The second kappa shape index (κ2) is 8.01. The van der Waals surface area contributed by atoms with Gasteiger partial charge < -0.3 is 9.47 Å². The van der Waals surface area contributed by atoms with Crippen LogP contribution >= 0.6 is 0 Å². The maximum absolute atomic E-state index is 11.2. The van der Waals surface area contributed by atoms with Crippen LogP contribution in [0.1, 0.15) is 32.1 Å². The van der Waals surface area contributed by atoms with E-state index in [2.05, 4.69) is 0 Å². The summed E-state index contributed by atoms with van der Waals surface area (Å²) in [7, 11) is 1.45. The van der Waals surface area contributed by atoms with E-state index in [1.165, 1.54) is 45.3 Å². The first-order valence-electron chi connectivity index (χ1n) is 8.73. The molecule has 0 unspecified atom stereocenters. The van der Waals surface area contributed by atoms with Crippen molar-refractivity contribution in [2.75, 3.05) is 13.7 Å². The van der Waals surface area contributed by atoms with Crippen molar-refractivity contribution < 1.29 is 14.4 Å². The Hall–Kier alpha value is -2.56. The Bertz CT molecular complexity index is 738. The Balaban J connectivity index is 1.81. The molecule has 0 radical (unpaired) electrons. The van der Waals surface area contributed by atoms with Gasteiger partial charge in [0.05, 0.1) is 18.6 Å². The first kappa shape index (κ1) is 17.3. The number of nitrogens with zero attached hydrogens (tertiary/aromatic N) is 1. The second-order valence-corrected chi connectivity index (χ2v) is 6.46. The number of hydrogen-bond donors (Lipinski definition) is 0. The van der Waals surface area contributed by atoms with Crippen molar-refractivity contribution in [3.63, 3.8) is 0 Å². The van der Waals surface area contributed by atoms with E-state index in [1.54, 1.807) is 6.07 Å². The fourth-order valence-corrected chi connectivity index (χ4v) is 3.43. The second-order valence-electron chi connectivity index (χ2n) is 6.46. The van der Waals surface area contributed by atoms with E-state index in [1.807, 2.05) is 30.3 Å². The zero-order valence-electron chi connectivity index (χ0n) is 14.4. The van der Waals surface area contributed by atoms with Crippen LogP contribution in [0.3, 0.4) is 0 Å². The lowest BCUT2D eigenvalue weighted by Gasteiger charge is -2.21. The van der Waals surface area contributed by atoms with E-state index >= 15 is 0 Å². The Morgan fingerprint density at radius 1 is 1.12 bits per heavy atom. The number of para-hydroxylation sites is 1. The molecule has 1 aliphatic carbocycles. The van der Waals surface area contributed by atoms with Crippen molar-refractivity contribution in [2.24, 2.45) is 5.92 Å². The van der Waals surface area contributed by atoms with Crippen LogP contribution in [0.4, 0.5) is 5.69 Å². The summed E-state index contributed by atoms with van der Waals surface area (Å²) in [5.41, 5.74) is 1.51. The molecule has 2 aromatic rings. The first-order valence-corrected chi connectivity index (χ1v) is 8.73. The monoisotopic (exact) mass is 341 g/mol. The molecule has 5 nitrogen and oxygen atoms in total. The molecule has 0 amide bonds. The van der Waals surface area contributed by atoms with Crippen LogP contribution in [-0.2, 0) is 0 Å². The third-order valence-corrected chi connectivity index (χ3v) is 4.75. The summed E-state index contributed by atoms with van der Waals surface area (Å²) >= 11 is 0. The topological polar surface area (TPSA) is 61.6 Å². The van der Waals surface area contributed by atoms with E-state index in [9.17, 15) is 10.1 Å². The molecular formula is C20H23NO4. The van der Waals surface area contributed by atoms with Crippen LogP contribution in [0.5, 0.6) is 11.5 Å². The quantitative estimate of drug-likeness (QED) is 0.533. The van der Waals surface area contributed by atoms with Gasteiger partial charge in [0.1, 0.15) is 5.75 Å². The van der Waals surface area contributed by atoms with Crippen molar-refractivity contribution in [1.82, 2.24) is 0 Å². The molecule has 5 heteroatoms. The van der Waals surface area contributed by atoms with Crippen molar-refractivity contribution >= 4 is 5.69 Å². The number of nitro groups is 1. The summed E-state index contributed by atoms with van der Waals surface area (Å²) in [6, 6.07) is 12.6. The molecule has 0 spiro atoms. The smallest absolute Gasteiger partial charge is 0.311 e. The largest absolute Gasteiger partial charge is 0.493 e. The molecule has 3 rings (SSSR count). The molecule has 0 aliphatic heterocycles. The summed E-state index contributed by atoms with van der Waals surface area (Å²) in [6.07, 6.45) is 6.38. The Kier molecular flexibility index (Phi) is 5.53. The Labute approximate surface area is 147 Å². The van der Waals surface area contributed by atoms with Gasteiger partial charge in [-0.1, -0.05) is 43.5 Å². The molecule has 0 bridgehead atoms. The zero-order chi connectivity index (χ0) is 17.6. The van der Waals surface area contributed by atoms with Crippen molar-refractivity contribution in [1.29, 1.82) is 0 Å². The summed E-state index contributed by atoms with van der Waals surface area (Å²) in [4.78, 5) is 10.8. The minimum Gasteiger partial charge on any atom is -0.493 e. The van der Waals surface area contributed by atoms with E-state index in [0.29, 0.717) is 11.5 Å². The summed E-state index contributed by atoms with van der Waals surface area (Å²) in [6.45, 7) is 0.732. The van der Waals surface area contributed by atoms with Crippen LogP contribution in [0.2, 0.25) is 0 Å². The predicted molar refractivity (Wildman–Crippen MR) is 97.2 cm³/mol. The molecule has 0 atom stereocenters. The van der Waals surface area contributed by atoms with Crippen LogP contribution in [-0.4, -0.2) is 18.6 Å². The maximum atomic E-state index is 11.2. The molecule has 132 valence electrons. The molecule has 0 heterocycles. The third-order valence-electron chi connectivity index (χ3n) is 4.75. The number of rotatable bonds is 6. The average Bonchev–Trinajstić information content (AvgIpc) is 2.66. The van der Waals surface area contributed by atoms with E-state index in [-0.39, 0.29) is 11.4 Å². The molecule has 0 N–H and O–H groups in total. The molecule has 0 aromatic heterocycles. The number of methoxy groups -OCH3 is 1. The lowest BCUT2D eigenvalue weighted by molar-refractivity contribution is -0.385. The molecular weight excluding hydrogens is 318 g/mol. The highest BCUT2D eigenvalue weighted by Crippen LogP contribution is 2.38. The van der Waals surface area contributed by atoms with Crippen molar-refractivity contribution in [2.45, 2.75) is 32.1 Å². The summed E-state index contributed by atoms with van der Waals surface area (Å²) in [5, 5.41) is 11.2. The van der Waals surface area contributed by atoms with Crippen LogP contribution < -0.4 is 9.47 Å². The van der Waals surface area contributed by atoms with Crippen LogP contribution in [0.25, 0.3) is 11.1 Å². The lowest BCUT2D eigenvalue weighted by atomic mass is 9.90. The van der Waals surface area contributed by atoms with Gasteiger partial charge in [-0.15, -0.1) is 0 Å². The molecule has 25 heavy (non-hydrogen) atoms. The van der Waals surface area contributed by atoms with Gasteiger partial charge in [0.15, 0.2) is 0 Å². The first-order chi connectivity index (χ1) is 12.2. The summed E-state index contributed by atoms with van der Waals surface area (Å²) < 4.78 is 11.3. The fraction of sp³-hybridized carbons (Fsp3) is 0.400. The highest BCUT2D eigenvalue weighted by molar-refractivity contribution is 5.76. The van der Waals surface area contributed by atoms with Gasteiger partial charge in [-0.3, -0.25) is 10.1 Å². The van der Waals surface area contributed by atoms with Crippen LogP contribution in [0, 0.1) is 16.0 Å². The van der Waals surface area contributed by atoms with Gasteiger partial charge in [0.2, 0.25) is 5.75 Å². The maximum Gasteiger partial charge on any atom is 0.311 e. The van der Waals surface area contributed by atoms with Gasteiger partial charge in [-0.05, 0) is 36.5 Å². The minimum absolute atomic E-state index is 0.0338. The molecule has 1 saturated carbocycles. The van der Waals surface area contributed by atoms with Crippen molar-refractivity contribution in [3.8, 4) is 22.6 Å². The number of nitro benzene ring substituents is 1. The molecule has 1 fully saturated rings. The van der Waals surface area contributed by atoms with E-state index in [0.717, 1.165) is 17.9 Å². The average molecular weight is 341 g/mol. The molecule has 0 saturated heterocycles. The number of benzene rings is 2. The van der Waals surface area contributed by atoms with Gasteiger partial charge in [-0.2, -0.15) is 0 Å². The molecule has 1 aliphatic rings. The van der Waals surface area contributed by atoms with E-state index < -0.39 is 4.92 Å². The van der Waals surface area contributed by atoms with Crippen LogP contribution in [0.15, 0.2) is 42.5 Å². The minimum atomic E-state index is -0.425. The molecule has 2 aromatic carbocycles. The highest BCUT2D eigenvalue weighted by atomic mass is 16.6. The lowest BCUT2D eigenvalue weighted by Crippen LogP contribution is -2.15. The summed E-state index contributed by atoms with van der Waals surface area (Å²) in [5.74, 6) is 1.69. The normalized spacial score (nSPS) is 14.9. The van der Waals surface area contributed by atoms with Gasteiger partial charge in [0, 0.05) is 11.6 Å². The van der Waals surface area contributed by atoms with Gasteiger partial charge >= 0.3 is 5.69 Å². The third kappa shape index (κ3) is 4.10. The zero-order valence-corrected chi connectivity index (χ0v) is 14.4. The SMILES string of the molecule is COc1c(-c2cccc(OCC3CCCCC3)c2)cccc1[N+](=O)[O-].